The minimum Gasteiger partial charge on any atom is -0.326 e. The first-order chi connectivity index (χ1) is 7.01. The zero-order chi connectivity index (χ0) is 11.3. The first-order valence-electron chi connectivity index (χ1n) is 5.85. The van der Waals surface area contributed by atoms with Crippen molar-refractivity contribution in [2.45, 2.75) is 52.5 Å². The highest BCUT2D eigenvalue weighted by Gasteiger charge is 2.20. The second kappa shape index (κ2) is 5.36. The average Bonchev–Trinajstić information content (AvgIpc) is 2.91. The van der Waals surface area contributed by atoms with Crippen molar-refractivity contribution >= 4 is 0 Å². The van der Waals surface area contributed by atoms with E-state index in [2.05, 4.69) is 44.3 Å². The highest BCUT2D eigenvalue weighted by atomic mass is 15.4. The van der Waals surface area contributed by atoms with Crippen molar-refractivity contribution in [3.05, 3.63) is 24.4 Å². The third-order valence-electron chi connectivity index (χ3n) is 2.24. The molecule has 1 rings (SSSR count). The molecule has 0 saturated heterocycles. The van der Waals surface area contributed by atoms with Crippen molar-refractivity contribution in [1.82, 2.24) is 10.9 Å². The van der Waals surface area contributed by atoms with Crippen LogP contribution >= 0.6 is 0 Å². The van der Waals surface area contributed by atoms with Crippen molar-refractivity contribution in [1.29, 1.82) is 0 Å². The molecule has 86 valence electrons. The smallest absolute Gasteiger partial charge is 0.0261 e. The van der Waals surface area contributed by atoms with Crippen molar-refractivity contribution in [3.8, 4) is 0 Å². The molecule has 0 aromatic rings. The Hall–Kier alpha value is -0.760. The predicted octanol–water partition coefficient (Wildman–Crippen LogP) is 3.14. The molecule has 2 heteroatoms. The minimum absolute atomic E-state index is 0.231. The number of rotatable bonds is 6. The molecule has 1 fully saturated rings. The van der Waals surface area contributed by atoms with Gasteiger partial charge >= 0.3 is 0 Å². The molecule has 1 aliphatic carbocycles. The van der Waals surface area contributed by atoms with Gasteiger partial charge in [-0.25, -0.2) is 5.43 Å². The molecule has 0 unspecified atom stereocenters. The van der Waals surface area contributed by atoms with Crippen LogP contribution in [0.25, 0.3) is 0 Å². The van der Waals surface area contributed by atoms with Crippen LogP contribution in [0.2, 0.25) is 0 Å². The average molecular weight is 208 g/mol. The van der Waals surface area contributed by atoms with Gasteiger partial charge in [-0.05, 0) is 31.1 Å². The zero-order valence-electron chi connectivity index (χ0n) is 10.3. The van der Waals surface area contributed by atoms with E-state index in [9.17, 15) is 0 Å². The van der Waals surface area contributed by atoms with E-state index in [0.29, 0.717) is 6.04 Å². The van der Waals surface area contributed by atoms with E-state index in [4.69, 9.17) is 0 Å². The molecule has 2 N–H and O–H groups in total. The third-order valence-corrected chi connectivity index (χ3v) is 2.24. The first kappa shape index (κ1) is 12.3. The summed E-state index contributed by atoms with van der Waals surface area (Å²) in [6.45, 7) is 10.4. The molecular formula is C13H24N2. The Morgan fingerprint density at radius 2 is 2.07 bits per heavy atom. The largest absolute Gasteiger partial charge is 0.326 e. The maximum Gasteiger partial charge on any atom is 0.0261 e. The van der Waals surface area contributed by atoms with Crippen LogP contribution in [-0.4, -0.2) is 6.04 Å². The van der Waals surface area contributed by atoms with Gasteiger partial charge in [-0.1, -0.05) is 32.9 Å². The molecule has 2 nitrogen and oxygen atoms in total. The van der Waals surface area contributed by atoms with Crippen LogP contribution in [-0.2, 0) is 0 Å². The van der Waals surface area contributed by atoms with Crippen molar-refractivity contribution < 1.29 is 0 Å². The topological polar surface area (TPSA) is 24.1 Å². The highest BCUT2D eigenvalue weighted by molar-refractivity contribution is 5.05. The second-order valence-corrected chi connectivity index (χ2v) is 5.41. The number of hydrazine groups is 1. The number of allylic oxidation sites excluding steroid dienone is 3. The number of hydrogen-bond donors (Lipinski definition) is 2. The monoisotopic (exact) mass is 208 g/mol. The Bertz CT molecular complexity index is 231. The van der Waals surface area contributed by atoms with E-state index < -0.39 is 0 Å². The summed E-state index contributed by atoms with van der Waals surface area (Å²) in [4.78, 5) is 0. The van der Waals surface area contributed by atoms with Crippen LogP contribution in [0.1, 0.15) is 46.5 Å². The lowest BCUT2D eigenvalue weighted by Crippen LogP contribution is -2.33. The first-order valence-corrected chi connectivity index (χ1v) is 5.85. The number of nitrogens with one attached hydrogen (secondary N) is 2. The van der Waals surface area contributed by atoms with Gasteiger partial charge in [0.25, 0.3) is 0 Å². The fourth-order valence-electron chi connectivity index (χ4n) is 1.37. The van der Waals surface area contributed by atoms with Gasteiger partial charge in [-0.2, -0.15) is 0 Å². The summed E-state index contributed by atoms with van der Waals surface area (Å²) in [5, 5.41) is 0. The van der Waals surface area contributed by atoms with E-state index >= 15 is 0 Å². The van der Waals surface area contributed by atoms with Gasteiger partial charge < -0.3 is 5.43 Å². The molecule has 15 heavy (non-hydrogen) atoms. The summed E-state index contributed by atoms with van der Waals surface area (Å²) in [5.41, 5.74) is 8.19. The summed E-state index contributed by atoms with van der Waals surface area (Å²) in [7, 11) is 0. The lowest BCUT2D eigenvalue weighted by Gasteiger charge is -2.18. The zero-order valence-corrected chi connectivity index (χ0v) is 10.3. The van der Waals surface area contributed by atoms with Gasteiger partial charge in [0.05, 0.1) is 0 Å². The third kappa shape index (κ3) is 6.34. The Morgan fingerprint density at radius 3 is 2.53 bits per heavy atom. The molecule has 0 bridgehead atoms. The van der Waals surface area contributed by atoms with E-state index in [-0.39, 0.29) is 5.41 Å². The van der Waals surface area contributed by atoms with Crippen LogP contribution in [0, 0.1) is 5.41 Å². The standard InChI is InChI=1S/C13H24N2/c1-5-6-7-12(10-13(2,3)4)15-14-11-8-9-11/h5,10-11,14-15H,1,6-9H2,2-4H3/b12-10-. The maximum atomic E-state index is 3.76. The Morgan fingerprint density at radius 1 is 1.40 bits per heavy atom. The normalized spacial score (nSPS) is 17.7. The number of hydrogen-bond acceptors (Lipinski definition) is 2. The Labute approximate surface area is 93.8 Å². The molecule has 0 spiro atoms. The Balaban J connectivity index is 2.42. The molecule has 0 aromatic carbocycles. The molecule has 1 saturated carbocycles. The van der Waals surface area contributed by atoms with Gasteiger partial charge in [-0.3, -0.25) is 0 Å². The fraction of sp³-hybridized carbons (Fsp3) is 0.692. The van der Waals surface area contributed by atoms with Crippen LogP contribution in [0.3, 0.4) is 0 Å². The van der Waals surface area contributed by atoms with Crippen LogP contribution < -0.4 is 10.9 Å². The van der Waals surface area contributed by atoms with Gasteiger partial charge in [0, 0.05) is 11.7 Å². The van der Waals surface area contributed by atoms with Crippen molar-refractivity contribution in [2.24, 2.45) is 5.41 Å². The molecule has 0 aromatic heterocycles. The lowest BCUT2D eigenvalue weighted by molar-refractivity contribution is 0.511. The second-order valence-electron chi connectivity index (χ2n) is 5.41. The Kier molecular flexibility index (Phi) is 4.40. The van der Waals surface area contributed by atoms with Crippen LogP contribution in [0.4, 0.5) is 0 Å². The summed E-state index contributed by atoms with van der Waals surface area (Å²) >= 11 is 0. The van der Waals surface area contributed by atoms with Gasteiger partial charge in [0.1, 0.15) is 0 Å². The van der Waals surface area contributed by atoms with Gasteiger partial charge in [0.2, 0.25) is 0 Å². The quantitative estimate of drug-likeness (QED) is 0.517. The van der Waals surface area contributed by atoms with Crippen molar-refractivity contribution in [2.75, 3.05) is 0 Å². The molecule has 1 aliphatic rings. The molecule has 0 amide bonds. The van der Waals surface area contributed by atoms with E-state index in [1.807, 2.05) is 6.08 Å². The molecule has 0 heterocycles. The minimum atomic E-state index is 0.231. The molecular weight excluding hydrogens is 184 g/mol. The predicted molar refractivity (Wildman–Crippen MR) is 66.3 cm³/mol. The van der Waals surface area contributed by atoms with Crippen LogP contribution in [0.5, 0.6) is 0 Å². The van der Waals surface area contributed by atoms with Crippen LogP contribution in [0.15, 0.2) is 24.4 Å². The van der Waals surface area contributed by atoms with Gasteiger partial charge in [0.15, 0.2) is 0 Å². The molecule has 0 aliphatic heterocycles. The molecule has 0 atom stereocenters. The summed E-state index contributed by atoms with van der Waals surface area (Å²) in [6, 6.07) is 0.692. The fourth-order valence-corrected chi connectivity index (χ4v) is 1.37. The van der Waals surface area contributed by atoms with E-state index in [1.54, 1.807) is 0 Å². The summed E-state index contributed by atoms with van der Waals surface area (Å²) in [5.74, 6) is 0. The highest BCUT2D eigenvalue weighted by Crippen LogP contribution is 2.20. The van der Waals surface area contributed by atoms with E-state index in [1.165, 1.54) is 18.5 Å². The molecule has 0 radical (unpaired) electrons. The summed E-state index contributed by atoms with van der Waals surface area (Å²) in [6.07, 6.45) is 8.94. The van der Waals surface area contributed by atoms with Gasteiger partial charge in [-0.15, -0.1) is 6.58 Å². The summed E-state index contributed by atoms with van der Waals surface area (Å²) < 4.78 is 0. The maximum absolute atomic E-state index is 3.76. The lowest BCUT2D eigenvalue weighted by atomic mass is 9.94. The van der Waals surface area contributed by atoms with Crippen molar-refractivity contribution in [3.63, 3.8) is 0 Å². The SMILES string of the molecule is C=CCC/C(=C/C(C)(C)C)NNC1CC1. The van der Waals surface area contributed by atoms with E-state index in [0.717, 1.165) is 12.8 Å².